The first kappa shape index (κ1) is 25.1. The van der Waals surface area contributed by atoms with Crippen molar-refractivity contribution in [2.75, 3.05) is 10.7 Å². The molecule has 1 atom stereocenters. The molecule has 8 heteroatoms. The summed E-state index contributed by atoms with van der Waals surface area (Å²) in [6, 6.07) is 22.9. The highest BCUT2D eigenvalue weighted by Gasteiger charge is 2.44. The number of imide groups is 1. The summed E-state index contributed by atoms with van der Waals surface area (Å²) in [6.45, 7) is 4.21. The number of pyridine rings is 1. The molecule has 3 aromatic rings. The van der Waals surface area contributed by atoms with Crippen LogP contribution in [0.25, 0.3) is 0 Å². The number of benzene rings is 2. The van der Waals surface area contributed by atoms with Crippen LogP contribution in [0.2, 0.25) is 0 Å². The minimum absolute atomic E-state index is 0.0145. The minimum Gasteiger partial charge on any atom is -0.325 e. The quantitative estimate of drug-likeness (QED) is 0.335. The standard InChI is InChI=1S/C28H26N4O3S/c1-19(2)23-14-13-21(16-29)27(30-23)36-18-26(34)31(17-20-9-5-3-6-10-20)24-15-25(33)32(28(24)35)22-11-7-4-8-12-22/h3-14,19,24H,15,17-18H2,1-2H3. The van der Waals surface area contributed by atoms with Gasteiger partial charge in [-0.25, -0.2) is 9.88 Å². The number of carbonyl (C=O) groups excluding carboxylic acids is 3. The molecular weight excluding hydrogens is 472 g/mol. The van der Waals surface area contributed by atoms with Crippen molar-refractivity contribution in [2.45, 2.75) is 43.8 Å². The SMILES string of the molecule is CC(C)c1ccc(C#N)c(SCC(=O)N(Cc2ccccc2)C2CC(=O)N(c3ccccc3)C2=O)n1. The Labute approximate surface area is 214 Å². The second kappa shape index (κ2) is 11.2. The van der Waals surface area contributed by atoms with Crippen LogP contribution < -0.4 is 4.90 Å². The highest BCUT2D eigenvalue weighted by molar-refractivity contribution is 8.00. The Hall–Kier alpha value is -3.96. The zero-order chi connectivity index (χ0) is 25.7. The van der Waals surface area contributed by atoms with Gasteiger partial charge in [-0.15, -0.1) is 0 Å². The van der Waals surface area contributed by atoms with E-state index in [-0.39, 0.29) is 36.5 Å². The van der Waals surface area contributed by atoms with Crippen LogP contribution in [0.4, 0.5) is 5.69 Å². The lowest BCUT2D eigenvalue weighted by atomic mass is 10.1. The third kappa shape index (κ3) is 5.47. The van der Waals surface area contributed by atoms with Crippen LogP contribution in [-0.2, 0) is 20.9 Å². The Bertz CT molecular complexity index is 1310. The number of hydrogen-bond acceptors (Lipinski definition) is 6. The first-order valence-electron chi connectivity index (χ1n) is 11.7. The van der Waals surface area contributed by atoms with E-state index in [0.717, 1.165) is 16.2 Å². The van der Waals surface area contributed by atoms with Gasteiger partial charge in [-0.3, -0.25) is 14.4 Å². The number of rotatable bonds is 8. The second-order valence-corrected chi connectivity index (χ2v) is 9.74. The molecule has 1 fully saturated rings. The Morgan fingerprint density at radius 2 is 1.75 bits per heavy atom. The molecule has 0 spiro atoms. The first-order valence-corrected chi connectivity index (χ1v) is 12.7. The van der Waals surface area contributed by atoms with Gasteiger partial charge in [-0.2, -0.15) is 5.26 Å². The molecule has 1 aromatic heterocycles. The van der Waals surface area contributed by atoms with Gasteiger partial charge in [-0.1, -0.05) is 74.1 Å². The largest absolute Gasteiger partial charge is 0.325 e. The number of thioether (sulfide) groups is 1. The van der Waals surface area contributed by atoms with E-state index in [1.54, 1.807) is 30.3 Å². The van der Waals surface area contributed by atoms with Crippen LogP contribution >= 0.6 is 11.8 Å². The third-order valence-electron chi connectivity index (χ3n) is 5.96. The summed E-state index contributed by atoms with van der Waals surface area (Å²) in [6.07, 6.45) is -0.0818. The zero-order valence-corrected chi connectivity index (χ0v) is 20.9. The molecule has 3 amide bonds. The molecular formula is C28H26N4O3S. The molecule has 1 saturated heterocycles. The highest BCUT2D eigenvalue weighted by atomic mass is 32.2. The van der Waals surface area contributed by atoms with E-state index in [1.165, 1.54) is 16.7 Å². The molecule has 0 saturated carbocycles. The Morgan fingerprint density at radius 1 is 1.08 bits per heavy atom. The highest BCUT2D eigenvalue weighted by Crippen LogP contribution is 2.29. The fourth-order valence-electron chi connectivity index (χ4n) is 4.04. The average Bonchev–Trinajstić information content (AvgIpc) is 3.19. The van der Waals surface area contributed by atoms with Crippen LogP contribution in [0.5, 0.6) is 0 Å². The summed E-state index contributed by atoms with van der Waals surface area (Å²) < 4.78 is 0. The van der Waals surface area contributed by atoms with Gasteiger partial charge < -0.3 is 4.90 Å². The number of para-hydroxylation sites is 1. The summed E-state index contributed by atoms with van der Waals surface area (Å²) in [4.78, 5) is 47.0. The molecule has 1 aliphatic heterocycles. The Morgan fingerprint density at radius 3 is 2.39 bits per heavy atom. The predicted molar refractivity (Wildman–Crippen MR) is 138 cm³/mol. The average molecular weight is 499 g/mol. The van der Waals surface area contributed by atoms with Gasteiger partial charge in [0, 0.05) is 12.2 Å². The maximum atomic E-state index is 13.5. The second-order valence-electron chi connectivity index (χ2n) is 8.77. The molecule has 0 radical (unpaired) electrons. The van der Waals surface area contributed by atoms with Gasteiger partial charge in [0.25, 0.3) is 5.91 Å². The molecule has 7 nitrogen and oxygen atoms in total. The Balaban J connectivity index is 1.59. The molecule has 1 unspecified atom stereocenters. The van der Waals surface area contributed by atoms with Crippen LogP contribution in [0, 0.1) is 11.3 Å². The molecule has 182 valence electrons. The number of hydrogen-bond donors (Lipinski definition) is 0. The molecule has 0 bridgehead atoms. The molecule has 0 N–H and O–H groups in total. The maximum absolute atomic E-state index is 13.5. The maximum Gasteiger partial charge on any atom is 0.257 e. The molecule has 36 heavy (non-hydrogen) atoms. The summed E-state index contributed by atoms with van der Waals surface area (Å²) in [5.41, 5.74) is 2.58. The molecule has 4 rings (SSSR count). The molecule has 2 aromatic carbocycles. The molecule has 2 heterocycles. The van der Waals surface area contributed by atoms with Crippen molar-refractivity contribution in [1.82, 2.24) is 9.88 Å². The van der Waals surface area contributed by atoms with Gasteiger partial charge in [0.1, 0.15) is 17.1 Å². The lowest BCUT2D eigenvalue weighted by molar-refractivity contribution is -0.136. The lowest BCUT2D eigenvalue weighted by Crippen LogP contribution is -2.45. The van der Waals surface area contributed by atoms with Gasteiger partial charge in [-0.05, 0) is 35.7 Å². The fraction of sp³-hybridized carbons (Fsp3) is 0.250. The van der Waals surface area contributed by atoms with Crippen molar-refractivity contribution >= 4 is 35.2 Å². The monoisotopic (exact) mass is 498 g/mol. The topological polar surface area (TPSA) is 94.4 Å². The van der Waals surface area contributed by atoms with Gasteiger partial charge in [0.2, 0.25) is 11.8 Å². The number of nitrogens with zero attached hydrogens (tertiary/aromatic N) is 4. The molecule has 1 aliphatic rings. The number of nitriles is 1. The van der Waals surface area contributed by atoms with Gasteiger partial charge >= 0.3 is 0 Å². The summed E-state index contributed by atoms with van der Waals surface area (Å²) >= 11 is 1.17. The number of carbonyl (C=O) groups is 3. The normalized spacial score (nSPS) is 15.3. The van der Waals surface area contributed by atoms with E-state index in [9.17, 15) is 19.6 Å². The van der Waals surface area contributed by atoms with Crippen molar-refractivity contribution in [3.8, 4) is 6.07 Å². The van der Waals surface area contributed by atoms with Crippen molar-refractivity contribution in [1.29, 1.82) is 5.26 Å². The number of anilines is 1. The molecule has 0 aliphatic carbocycles. The van der Waals surface area contributed by atoms with Crippen molar-refractivity contribution in [3.05, 3.63) is 89.6 Å². The van der Waals surface area contributed by atoms with Gasteiger partial charge in [0.05, 0.1) is 23.4 Å². The van der Waals surface area contributed by atoms with E-state index in [0.29, 0.717) is 16.3 Å². The lowest BCUT2D eigenvalue weighted by Gasteiger charge is -2.28. The summed E-state index contributed by atoms with van der Waals surface area (Å²) in [7, 11) is 0. The number of amides is 3. The van der Waals surface area contributed by atoms with Gasteiger partial charge in [0.15, 0.2) is 0 Å². The van der Waals surface area contributed by atoms with E-state index in [2.05, 4.69) is 11.1 Å². The van der Waals surface area contributed by atoms with E-state index < -0.39 is 11.9 Å². The third-order valence-corrected chi connectivity index (χ3v) is 6.93. The summed E-state index contributed by atoms with van der Waals surface area (Å²) in [5.74, 6) is -0.899. The van der Waals surface area contributed by atoms with Crippen LogP contribution in [-0.4, -0.2) is 39.4 Å². The van der Waals surface area contributed by atoms with E-state index >= 15 is 0 Å². The van der Waals surface area contributed by atoms with Crippen LogP contribution in [0.15, 0.2) is 77.8 Å². The van der Waals surface area contributed by atoms with Crippen molar-refractivity contribution in [3.63, 3.8) is 0 Å². The smallest absolute Gasteiger partial charge is 0.257 e. The fourth-order valence-corrected chi connectivity index (χ4v) is 4.91. The predicted octanol–water partition coefficient (Wildman–Crippen LogP) is 4.53. The minimum atomic E-state index is -0.906. The van der Waals surface area contributed by atoms with Crippen LogP contribution in [0.1, 0.15) is 43.0 Å². The summed E-state index contributed by atoms with van der Waals surface area (Å²) in [5, 5.41) is 9.99. The van der Waals surface area contributed by atoms with E-state index in [1.807, 2.05) is 56.3 Å². The zero-order valence-electron chi connectivity index (χ0n) is 20.1. The first-order chi connectivity index (χ1) is 17.4. The van der Waals surface area contributed by atoms with Crippen molar-refractivity contribution in [2.24, 2.45) is 0 Å². The van der Waals surface area contributed by atoms with Crippen LogP contribution in [0.3, 0.4) is 0 Å². The number of aromatic nitrogens is 1. The van der Waals surface area contributed by atoms with E-state index in [4.69, 9.17) is 0 Å². The Kier molecular flexibility index (Phi) is 7.81. The van der Waals surface area contributed by atoms with Crippen molar-refractivity contribution < 1.29 is 14.4 Å².